The summed E-state index contributed by atoms with van der Waals surface area (Å²) in [5, 5.41) is 3.47. The number of aryl methyl sites for hydroxylation is 1. The summed E-state index contributed by atoms with van der Waals surface area (Å²) in [5.74, 6) is 1.90. The van der Waals surface area contributed by atoms with E-state index in [1.807, 2.05) is 18.2 Å². The molecule has 0 saturated carbocycles. The van der Waals surface area contributed by atoms with Gasteiger partial charge in [-0.3, -0.25) is 0 Å². The van der Waals surface area contributed by atoms with Gasteiger partial charge in [0.1, 0.15) is 0 Å². The van der Waals surface area contributed by atoms with Gasteiger partial charge < -0.3 is 24.3 Å². The lowest BCUT2D eigenvalue weighted by molar-refractivity contribution is 0.00945. The molecule has 0 amide bonds. The number of rotatable bonds is 10. The highest BCUT2D eigenvalue weighted by atomic mass is 16.5. The van der Waals surface area contributed by atoms with Crippen molar-refractivity contribution in [2.24, 2.45) is 0 Å². The van der Waals surface area contributed by atoms with Crippen LogP contribution in [0.1, 0.15) is 35.4 Å². The molecule has 1 heterocycles. The topological polar surface area (TPSA) is 49.0 Å². The molecule has 2 atom stereocenters. The van der Waals surface area contributed by atoms with Crippen molar-refractivity contribution in [3.63, 3.8) is 0 Å². The predicted octanol–water partition coefficient (Wildman–Crippen LogP) is 4.08. The van der Waals surface area contributed by atoms with E-state index in [1.165, 1.54) is 11.1 Å². The zero-order chi connectivity index (χ0) is 20.5. The van der Waals surface area contributed by atoms with Crippen LogP contribution < -0.4 is 14.8 Å². The van der Waals surface area contributed by atoms with Crippen LogP contribution in [-0.4, -0.2) is 46.6 Å². The molecule has 29 heavy (non-hydrogen) atoms. The van der Waals surface area contributed by atoms with Gasteiger partial charge in [0.2, 0.25) is 0 Å². The van der Waals surface area contributed by atoms with Gasteiger partial charge in [-0.05, 0) is 31.5 Å². The second kappa shape index (κ2) is 11.2. The van der Waals surface area contributed by atoms with Gasteiger partial charge in [-0.2, -0.15) is 0 Å². The van der Waals surface area contributed by atoms with Crippen LogP contribution in [0.2, 0.25) is 0 Å². The highest BCUT2D eigenvalue weighted by Gasteiger charge is 2.27. The third-order valence-corrected chi connectivity index (χ3v) is 5.40. The van der Waals surface area contributed by atoms with Crippen LogP contribution in [0.15, 0.2) is 42.5 Å². The largest absolute Gasteiger partial charge is 0.493 e. The average Bonchev–Trinajstić information content (AvgIpc) is 2.76. The summed E-state index contributed by atoms with van der Waals surface area (Å²) in [6.45, 7) is 5.74. The van der Waals surface area contributed by atoms with Gasteiger partial charge in [0.15, 0.2) is 11.5 Å². The van der Waals surface area contributed by atoms with Crippen molar-refractivity contribution in [3.05, 3.63) is 59.2 Å². The molecule has 0 aliphatic carbocycles. The number of methoxy groups -OCH3 is 2. The second-order valence-corrected chi connectivity index (χ2v) is 7.50. The van der Waals surface area contributed by atoms with Crippen molar-refractivity contribution < 1.29 is 18.9 Å². The lowest BCUT2D eigenvalue weighted by Crippen LogP contribution is -2.41. The Labute approximate surface area is 174 Å². The Kier molecular flexibility index (Phi) is 8.35. The Morgan fingerprint density at radius 1 is 1.03 bits per heavy atom. The molecule has 3 rings (SSSR count). The molecule has 2 aromatic carbocycles. The zero-order valence-corrected chi connectivity index (χ0v) is 17.8. The van der Waals surface area contributed by atoms with E-state index >= 15 is 0 Å². The summed E-state index contributed by atoms with van der Waals surface area (Å²) in [6, 6.07) is 14.8. The van der Waals surface area contributed by atoms with E-state index in [-0.39, 0.29) is 6.10 Å². The average molecular weight is 400 g/mol. The number of ether oxygens (including phenoxy) is 4. The van der Waals surface area contributed by atoms with Crippen LogP contribution >= 0.6 is 0 Å². The van der Waals surface area contributed by atoms with Crippen molar-refractivity contribution in [3.8, 4) is 11.5 Å². The number of benzene rings is 2. The quantitative estimate of drug-likeness (QED) is 0.610. The van der Waals surface area contributed by atoms with Gasteiger partial charge in [-0.1, -0.05) is 42.0 Å². The maximum Gasteiger partial charge on any atom is 0.166 e. The van der Waals surface area contributed by atoms with E-state index in [0.29, 0.717) is 25.7 Å². The van der Waals surface area contributed by atoms with E-state index in [9.17, 15) is 0 Å². The lowest BCUT2D eigenvalue weighted by atomic mass is 9.87. The predicted molar refractivity (Wildman–Crippen MR) is 115 cm³/mol. The maximum atomic E-state index is 6.41. The van der Waals surface area contributed by atoms with Crippen molar-refractivity contribution in [2.45, 2.75) is 38.4 Å². The van der Waals surface area contributed by atoms with Crippen LogP contribution in [0.5, 0.6) is 11.5 Å². The maximum absolute atomic E-state index is 6.41. The molecular formula is C24H33NO4. The summed E-state index contributed by atoms with van der Waals surface area (Å²) < 4.78 is 23.1. The number of para-hydroxylation sites is 1. The number of piperidine rings is 1. The molecule has 0 bridgehead atoms. The fourth-order valence-electron chi connectivity index (χ4n) is 3.77. The molecule has 1 saturated heterocycles. The third kappa shape index (κ3) is 5.95. The summed E-state index contributed by atoms with van der Waals surface area (Å²) in [6.07, 6.45) is 2.03. The minimum atomic E-state index is 0.124. The Morgan fingerprint density at radius 2 is 1.86 bits per heavy atom. The Morgan fingerprint density at radius 3 is 2.62 bits per heavy atom. The molecular weight excluding hydrogens is 366 g/mol. The van der Waals surface area contributed by atoms with Crippen LogP contribution in [-0.2, 0) is 16.1 Å². The minimum Gasteiger partial charge on any atom is -0.493 e. The Bertz CT molecular complexity index is 747. The monoisotopic (exact) mass is 399 g/mol. The number of nitrogens with one attached hydrogen (secondary N) is 1. The molecule has 158 valence electrons. The highest BCUT2D eigenvalue weighted by Crippen LogP contribution is 2.34. The second-order valence-electron chi connectivity index (χ2n) is 7.50. The first-order valence-electron chi connectivity index (χ1n) is 10.4. The van der Waals surface area contributed by atoms with Crippen molar-refractivity contribution in [1.82, 2.24) is 5.32 Å². The summed E-state index contributed by atoms with van der Waals surface area (Å²) in [4.78, 5) is 0. The van der Waals surface area contributed by atoms with E-state index in [1.54, 1.807) is 14.2 Å². The van der Waals surface area contributed by atoms with Gasteiger partial charge in [-0.25, -0.2) is 0 Å². The van der Waals surface area contributed by atoms with E-state index in [0.717, 1.165) is 43.0 Å². The van der Waals surface area contributed by atoms with Crippen molar-refractivity contribution >= 4 is 0 Å². The molecule has 1 aliphatic heterocycles. The molecule has 1 aliphatic rings. The fraction of sp³-hybridized carbons (Fsp3) is 0.500. The molecule has 1 N–H and O–H groups in total. The molecule has 5 heteroatoms. The van der Waals surface area contributed by atoms with Crippen LogP contribution in [0, 0.1) is 6.92 Å². The summed E-state index contributed by atoms with van der Waals surface area (Å²) >= 11 is 0. The molecule has 0 radical (unpaired) electrons. The van der Waals surface area contributed by atoms with Crippen LogP contribution in [0.25, 0.3) is 0 Å². The van der Waals surface area contributed by atoms with Gasteiger partial charge in [0.25, 0.3) is 0 Å². The first kappa shape index (κ1) is 21.6. The fourth-order valence-corrected chi connectivity index (χ4v) is 3.77. The lowest BCUT2D eigenvalue weighted by Gasteiger charge is -2.33. The Hall–Kier alpha value is -2.08. The molecule has 2 aromatic rings. The normalized spacial score (nSPS) is 19.1. The summed E-state index contributed by atoms with van der Waals surface area (Å²) in [7, 11) is 3.37. The van der Waals surface area contributed by atoms with Gasteiger partial charge in [0.05, 0.1) is 26.4 Å². The molecule has 2 unspecified atom stereocenters. The highest BCUT2D eigenvalue weighted by molar-refractivity contribution is 5.46. The van der Waals surface area contributed by atoms with E-state index < -0.39 is 0 Å². The minimum absolute atomic E-state index is 0.124. The van der Waals surface area contributed by atoms with Gasteiger partial charge >= 0.3 is 0 Å². The van der Waals surface area contributed by atoms with Gasteiger partial charge in [-0.15, -0.1) is 0 Å². The van der Waals surface area contributed by atoms with E-state index in [2.05, 4.69) is 36.5 Å². The molecule has 1 fully saturated rings. The molecule has 0 aromatic heterocycles. The third-order valence-electron chi connectivity index (χ3n) is 5.40. The SMILES string of the molecule is COCCCOc1c(COC2CNCCC2c2ccc(C)cc2)cccc1OC. The Balaban J connectivity index is 1.69. The number of hydrogen-bond donors (Lipinski definition) is 1. The molecule has 5 nitrogen and oxygen atoms in total. The van der Waals surface area contributed by atoms with Crippen molar-refractivity contribution in [1.29, 1.82) is 0 Å². The van der Waals surface area contributed by atoms with Gasteiger partial charge in [0, 0.05) is 38.2 Å². The van der Waals surface area contributed by atoms with Crippen molar-refractivity contribution in [2.75, 3.05) is 40.5 Å². The smallest absolute Gasteiger partial charge is 0.166 e. The van der Waals surface area contributed by atoms with Crippen LogP contribution in [0.4, 0.5) is 0 Å². The standard InChI is InChI=1S/C24H33NO4/c1-18-8-10-19(11-9-18)21-12-13-25-16-23(21)29-17-20-6-4-7-22(27-3)24(20)28-15-5-14-26-2/h4,6-11,21,23,25H,5,12-17H2,1-3H3. The number of hydrogen-bond acceptors (Lipinski definition) is 5. The first-order chi connectivity index (χ1) is 14.2. The summed E-state index contributed by atoms with van der Waals surface area (Å²) in [5.41, 5.74) is 3.64. The zero-order valence-electron chi connectivity index (χ0n) is 17.8. The first-order valence-corrected chi connectivity index (χ1v) is 10.4. The van der Waals surface area contributed by atoms with Crippen LogP contribution in [0.3, 0.4) is 0 Å². The molecule has 0 spiro atoms. The van der Waals surface area contributed by atoms with E-state index in [4.69, 9.17) is 18.9 Å².